The van der Waals surface area contributed by atoms with E-state index in [1.807, 2.05) is 18.3 Å². The molecule has 1 saturated carbocycles. The van der Waals surface area contributed by atoms with Gasteiger partial charge in [-0.3, -0.25) is 14.5 Å². The Hall–Kier alpha value is -3.20. The zero-order valence-corrected chi connectivity index (χ0v) is 18.7. The lowest BCUT2D eigenvalue weighted by Gasteiger charge is -2.36. The molecule has 2 aromatic rings. The number of rotatable bonds is 5. The minimum atomic E-state index is -0.0563. The molecule has 1 atom stereocenters. The lowest BCUT2D eigenvalue weighted by atomic mass is 10.1. The van der Waals surface area contributed by atoms with E-state index in [0.717, 1.165) is 87.8 Å². The van der Waals surface area contributed by atoms with E-state index in [4.69, 9.17) is 4.98 Å². The predicted octanol–water partition coefficient (Wildman–Crippen LogP) is 1.61. The first-order chi connectivity index (χ1) is 16.1. The number of anilines is 3. The van der Waals surface area contributed by atoms with Gasteiger partial charge in [0.2, 0.25) is 5.91 Å². The van der Waals surface area contributed by atoms with Crippen LogP contribution in [0.3, 0.4) is 0 Å². The fourth-order valence-corrected chi connectivity index (χ4v) is 5.01. The molecule has 3 aliphatic heterocycles. The molecule has 9 nitrogen and oxygen atoms in total. The molecule has 172 valence electrons. The average molecular weight is 448 g/mol. The molecule has 2 saturated heterocycles. The van der Waals surface area contributed by atoms with Crippen LogP contribution in [0.15, 0.2) is 30.6 Å². The highest BCUT2D eigenvalue weighted by atomic mass is 16.2. The Balaban J connectivity index is 1.05. The molecule has 0 unspecified atom stereocenters. The van der Waals surface area contributed by atoms with Gasteiger partial charge < -0.3 is 20.4 Å². The molecule has 0 radical (unpaired) electrons. The standard InChI is InChI=1S/C24H29N7O2/c32-23(27-18-4-5-18)17-3-6-21(25-14-17)30-10-8-29(9-11-30)15-16-12-19-22(26-13-16)31-7-1-2-20(31)24(33)28-19/h3,6,12-14,18,20H,1-2,4-5,7-11,15H2,(H,27,32)(H,28,33)/t20-/m0/s1. The molecular formula is C24H29N7O2. The van der Waals surface area contributed by atoms with Gasteiger partial charge in [-0.25, -0.2) is 9.97 Å². The number of piperazine rings is 1. The Labute approximate surface area is 193 Å². The molecule has 9 heteroatoms. The highest BCUT2D eigenvalue weighted by Gasteiger charge is 2.37. The van der Waals surface area contributed by atoms with Gasteiger partial charge in [0.15, 0.2) is 5.82 Å². The van der Waals surface area contributed by atoms with Crippen molar-refractivity contribution in [3.63, 3.8) is 0 Å². The third kappa shape index (κ3) is 4.13. The zero-order chi connectivity index (χ0) is 22.4. The first-order valence-electron chi connectivity index (χ1n) is 11.9. The first kappa shape index (κ1) is 20.4. The van der Waals surface area contributed by atoms with Crippen LogP contribution < -0.4 is 20.4 Å². The van der Waals surface area contributed by atoms with E-state index in [9.17, 15) is 9.59 Å². The zero-order valence-electron chi connectivity index (χ0n) is 18.7. The molecule has 4 aliphatic rings. The normalized spacial score (nSPS) is 22.5. The van der Waals surface area contributed by atoms with Crippen LogP contribution in [-0.4, -0.2) is 71.5 Å². The molecule has 0 spiro atoms. The van der Waals surface area contributed by atoms with E-state index in [2.05, 4.69) is 36.4 Å². The number of nitrogens with zero attached hydrogens (tertiary/aromatic N) is 5. The first-order valence-corrected chi connectivity index (χ1v) is 11.9. The van der Waals surface area contributed by atoms with Gasteiger partial charge >= 0.3 is 0 Å². The highest BCUT2D eigenvalue weighted by molar-refractivity contribution is 6.03. The average Bonchev–Trinajstić information content (AvgIpc) is 3.50. The number of pyridine rings is 2. The fourth-order valence-electron chi connectivity index (χ4n) is 5.01. The van der Waals surface area contributed by atoms with Crippen LogP contribution in [0.25, 0.3) is 0 Å². The van der Waals surface area contributed by atoms with E-state index in [-0.39, 0.29) is 17.9 Å². The molecular weight excluding hydrogens is 418 g/mol. The van der Waals surface area contributed by atoms with Crippen molar-refractivity contribution in [1.29, 1.82) is 0 Å². The Morgan fingerprint density at radius 2 is 1.91 bits per heavy atom. The Kier molecular flexibility index (Phi) is 5.13. The Morgan fingerprint density at radius 1 is 1.06 bits per heavy atom. The lowest BCUT2D eigenvalue weighted by Crippen LogP contribution is -2.46. The van der Waals surface area contributed by atoms with Crippen molar-refractivity contribution >= 4 is 29.1 Å². The van der Waals surface area contributed by atoms with E-state index in [1.54, 1.807) is 6.20 Å². The van der Waals surface area contributed by atoms with Crippen LogP contribution in [0.5, 0.6) is 0 Å². The van der Waals surface area contributed by atoms with Crippen LogP contribution in [0.1, 0.15) is 41.6 Å². The van der Waals surface area contributed by atoms with Crippen molar-refractivity contribution in [2.45, 2.75) is 44.3 Å². The fraction of sp³-hybridized carbons (Fsp3) is 0.500. The maximum atomic E-state index is 12.4. The van der Waals surface area contributed by atoms with Gasteiger partial charge in [0.1, 0.15) is 11.9 Å². The van der Waals surface area contributed by atoms with E-state index < -0.39 is 0 Å². The smallest absolute Gasteiger partial charge is 0.253 e. The second-order valence-corrected chi connectivity index (χ2v) is 9.47. The van der Waals surface area contributed by atoms with Crippen LogP contribution >= 0.6 is 0 Å². The largest absolute Gasteiger partial charge is 0.354 e. The molecule has 3 fully saturated rings. The summed E-state index contributed by atoms with van der Waals surface area (Å²) in [5.74, 6) is 1.88. The number of carbonyl (C=O) groups is 2. The van der Waals surface area contributed by atoms with Crippen LogP contribution in [-0.2, 0) is 11.3 Å². The third-order valence-electron chi connectivity index (χ3n) is 7.03. The van der Waals surface area contributed by atoms with Crippen molar-refractivity contribution in [2.24, 2.45) is 0 Å². The van der Waals surface area contributed by atoms with Crippen LogP contribution in [0, 0.1) is 0 Å². The summed E-state index contributed by atoms with van der Waals surface area (Å²) < 4.78 is 0. The minimum Gasteiger partial charge on any atom is -0.354 e. The molecule has 2 amide bonds. The number of nitrogens with one attached hydrogen (secondary N) is 2. The van der Waals surface area contributed by atoms with Crippen molar-refractivity contribution in [2.75, 3.05) is 47.8 Å². The Bertz CT molecular complexity index is 1060. The summed E-state index contributed by atoms with van der Waals surface area (Å²) >= 11 is 0. The molecule has 5 heterocycles. The summed E-state index contributed by atoms with van der Waals surface area (Å²) in [7, 11) is 0. The maximum absolute atomic E-state index is 12.4. The summed E-state index contributed by atoms with van der Waals surface area (Å²) in [6.45, 7) is 5.31. The molecule has 2 N–H and O–H groups in total. The van der Waals surface area contributed by atoms with Crippen LogP contribution in [0.4, 0.5) is 17.3 Å². The van der Waals surface area contributed by atoms with Gasteiger partial charge in [-0.15, -0.1) is 0 Å². The van der Waals surface area contributed by atoms with Crippen molar-refractivity contribution in [1.82, 2.24) is 20.2 Å². The minimum absolute atomic E-state index is 0.0310. The number of hydrogen-bond donors (Lipinski definition) is 2. The number of aromatic nitrogens is 2. The second kappa shape index (κ2) is 8.30. The molecule has 1 aliphatic carbocycles. The molecule has 6 rings (SSSR count). The molecule has 33 heavy (non-hydrogen) atoms. The Morgan fingerprint density at radius 3 is 2.67 bits per heavy atom. The van der Waals surface area contributed by atoms with Gasteiger partial charge in [0, 0.05) is 57.7 Å². The number of carbonyl (C=O) groups excluding carboxylic acids is 2. The third-order valence-corrected chi connectivity index (χ3v) is 7.03. The molecule has 0 aromatic carbocycles. The monoisotopic (exact) mass is 447 g/mol. The van der Waals surface area contributed by atoms with Gasteiger partial charge in [0.25, 0.3) is 5.91 Å². The summed E-state index contributed by atoms with van der Waals surface area (Å²) in [6, 6.07) is 6.18. The van der Waals surface area contributed by atoms with Gasteiger partial charge in [-0.1, -0.05) is 0 Å². The quantitative estimate of drug-likeness (QED) is 0.719. The van der Waals surface area contributed by atoms with E-state index >= 15 is 0 Å². The molecule has 0 bridgehead atoms. The van der Waals surface area contributed by atoms with Gasteiger partial charge in [0.05, 0.1) is 11.3 Å². The number of hydrogen-bond acceptors (Lipinski definition) is 7. The van der Waals surface area contributed by atoms with Crippen molar-refractivity contribution < 1.29 is 9.59 Å². The maximum Gasteiger partial charge on any atom is 0.253 e. The van der Waals surface area contributed by atoms with Crippen molar-refractivity contribution in [3.8, 4) is 0 Å². The summed E-state index contributed by atoms with van der Waals surface area (Å²) in [6.07, 6.45) is 7.73. The predicted molar refractivity (Wildman–Crippen MR) is 125 cm³/mol. The summed E-state index contributed by atoms with van der Waals surface area (Å²) in [4.78, 5) is 40.6. The lowest BCUT2D eigenvalue weighted by molar-refractivity contribution is -0.117. The van der Waals surface area contributed by atoms with Gasteiger partial charge in [-0.2, -0.15) is 0 Å². The van der Waals surface area contributed by atoms with E-state index in [0.29, 0.717) is 11.6 Å². The number of fused-ring (bicyclic) bond motifs is 3. The second-order valence-electron chi connectivity index (χ2n) is 9.47. The molecule has 2 aromatic heterocycles. The number of amides is 2. The van der Waals surface area contributed by atoms with E-state index in [1.165, 1.54) is 0 Å². The summed E-state index contributed by atoms with van der Waals surface area (Å²) in [5.41, 5.74) is 2.57. The van der Waals surface area contributed by atoms with Crippen LogP contribution in [0.2, 0.25) is 0 Å². The summed E-state index contributed by atoms with van der Waals surface area (Å²) in [5, 5.41) is 6.06. The van der Waals surface area contributed by atoms with Crippen molar-refractivity contribution in [3.05, 3.63) is 41.7 Å². The SMILES string of the molecule is O=C(NC1CC1)c1ccc(N2CCN(Cc3cnc4c(c3)NC(=O)[C@@H]3CCCN43)CC2)nc1. The highest BCUT2D eigenvalue weighted by Crippen LogP contribution is 2.35. The van der Waals surface area contributed by atoms with Gasteiger partial charge in [-0.05, 0) is 49.4 Å². The topological polar surface area (TPSA) is 93.7 Å².